The molecule has 0 aliphatic rings. The number of carbonyl (C=O) groups excluding carboxylic acids is 1. The van der Waals surface area contributed by atoms with Crippen LogP contribution in [0.5, 0.6) is 0 Å². The normalized spacial score (nSPS) is 13.5. The van der Waals surface area contributed by atoms with Crippen molar-refractivity contribution in [3.8, 4) is 0 Å². The fourth-order valence-electron chi connectivity index (χ4n) is 2.85. The molecular formula is C19H13ClF5N4O2S+. The van der Waals surface area contributed by atoms with E-state index in [2.05, 4.69) is 22.8 Å². The number of alkyl halides is 3. The molecule has 2 aromatic carbocycles. The van der Waals surface area contributed by atoms with Crippen LogP contribution in [-0.4, -0.2) is 21.0 Å². The lowest BCUT2D eigenvalue weighted by atomic mass is 10.0. The van der Waals surface area contributed by atoms with E-state index in [0.717, 1.165) is 18.2 Å². The average Bonchev–Trinajstić information content (AvgIpc) is 2.68. The molecule has 0 bridgehead atoms. The number of ketones is 1. The Hall–Kier alpha value is -2.80. The molecule has 3 rings (SSSR count). The van der Waals surface area contributed by atoms with Gasteiger partial charge >= 0.3 is 6.18 Å². The van der Waals surface area contributed by atoms with Crippen molar-refractivity contribution in [2.45, 2.75) is 12.6 Å². The van der Waals surface area contributed by atoms with Gasteiger partial charge in [0.05, 0.1) is 17.7 Å². The van der Waals surface area contributed by atoms with Gasteiger partial charge in [0.2, 0.25) is 5.28 Å². The maximum atomic E-state index is 15.0. The molecule has 6 nitrogen and oxygen atoms in total. The molecule has 0 spiro atoms. The molecule has 0 aliphatic heterocycles. The zero-order valence-electron chi connectivity index (χ0n) is 15.7. The number of aromatic nitrogens is 2. The number of carbonyl (C=O) groups is 1. The SMILES string of the molecule is O=C(Cc1ccnc(Cl)n1)c1cccc(N[N+](O)(S)c2c(F)cccc2C(F)(F)F)c1F. The largest absolute Gasteiger partial charge is 0.422 e. The summed E-state index contributed by atoms with van der Waals surface area (Å²) in [5, 5.41) is 10.3. The zero-order chi connectivity index (χ0) is 23.7. The Labute approximate surface area is 188 Å². The van der Waals surface area contributed by atoms with Crippen molar-refractivity contribution in [1.29, 1.82) is 0 Å². The van der Waals surface area contributed by atoms with E-state index in [-0.39, 0.29) is 17.4 Å². The Balaban J connectivity index is 1.95. The maximum absolute atomic E-state index is 15.0. The summed E-state index contributed by atoms with van der Waals surface area (Å²) in [5.41, 5.74) is -1.73. The number of anilines is 1. The van der Waals surface area contributed by atoms with Gasteiger partial charge in [-0.3, -0.25) is 4.79 Å². The highest BCUT2D eigenvalue weighted by atomic mass is 35.5. The third-order valence-corrected chi connectivity index (χ3v) is 4.69. The van der Waals surface area contributed by atoms with Gasteiger partial charge in [-0.2, -0.15) is 23.8 Å². The number of thiol groups is 1. The van der Waals surface area contributed by atoms with Crippen LogP contribution in [0.25, 0.3) is 0 Å². The number of Topliss-reactive ketones (excluding diaryl/α,β-unsaturated/α-hetero) is 1. The molecule has 2 N–H and O–H groups in total. The van der Waals surface area contributed by atoms with Crippen LogP contribution in [0.2, 0.25) is 5.28 Å². The molecule has 0 saturated heterocycles. The van der Waals surface area contributed by atoms with Crippen LogP contribution in [0.4, 0.5) is 33.3 Å². The van der Waals surface area contributed by atoms with Gasteiger partial charge in [-0.25, -0.2) is 18.7 Å². The van der Waals surface area contributed by atoms with E-state index in [9.17, 15) is 32.0 Å². The van der Waals surface area contributed by atoms with Crippen molar-refractivity contribution in [1.82, 2.24) is 14.1 Å². The Morgan fingerprint density at radius 3 is 2.50 bits per heavy atom. The van der Waals surface area contributed by atoms with Crippen LogP contribution >= 0.6 is 24.4 Å². The van der Waals surface area contributed by atoms with Crippen molar-refractivity contribution < 1.29 is 32.0 Å². The van der Waals surface area contributed by atoms with Gasteiger partial charge in [0.25, 0.3) is 5.69 Å². The van der Waals surface area contributed by atoms with E-state index in [1.54, 1.807) is 0 Å². The van der Waals surface area contributed by atoms with Gasteiger partial charge in [-0.1, -0.05) is 12.1 Å². The lowest BCUT2D eigenvalue weighted by Crippen LogP contribution is -2.44. The fourth-order valence-corrected chi connectivity index (χ4v) is 3.32. The molecule has 1 unspecified atom stereocenters. The van der Waals surface area contributed by atoms with Gasteiger partial charge in [0.15, 0.2) is 17.4 Å². The van der Waals surface area contributed by atoms with Crippen molar-refractivity contribution >= 4 is 41.6 Å². The number of nitrogens with zero attached hydrogens (tertiary/aromatic N) is 3. The van der Waals surface area contributed by atoms with Crippen LogP contribution in [0.3, 0.4) is 0 Å². The molecule has 1 heterocycles. The Kier molecular flexibility index (Phi) is 6.69. The van der Waals surface area contributed by atoms with Gasteiger partial charge in [-0.15, -0.1) is 0 Å². The fraction of sp³-hybridized carbons (Fsp3) is 0.105. The molecule has 0 saturated carbocycles. The second-order valence-corrected chi connectivity index (χ2v) is 7.35. The summed E-state index contributed by atoms with van der Waals surface area (Å²) < 4.78 is 66.9. The Morgan fingerprint density at radius 2 is 1.84 bits per heavy atom. The van der Waals surface area contributed by atoms with Crippen LogP contribution in [0.1, 0.15) is 21.6 Å². The molecule has 168 valence electrons. The summed E-state index contributed by atoms with van der Waals surface area (Å²) in [7, 11) is 0. The quantitative estimate of drug-likeness (QED) is 0.107. The van der Waals surface area contributed by atoms with Crippen LogP contribution < -0.4 is 9.59 Å². The minimum absolute atomic E-state index is 0.117. The standard InChI is InChI=1S/C19H13ClF5N4O2S/c20-18-26-8-7-10(27-18)9-15(30)11-3-1-6-14(16(11)22)28-29(31,32)17-12(19(23,24)25)4-2-5-13(17)21/h1-8,28,31-32H,9H2/q+1. The van der Waals surface area contributed by atoms with Gasteiger partial charge < -0.3 is 0 Å². The molecule has 0 amide bonds. The van der Waals surface area contributed by atoms with E-state index in [1.165, 1.54) is 18.3 Å². The summed E-state index contributed by atoms with van der Waals surface area (Å²) >= 11 is 9.29. The molecule has 0 aliphatic carbocycles. The van der Waals surface area contributed by atoms with Crippen LogP contribution in [-0.2, 0) is 12.6 Å². The topological polar surface area (TPSA) is 75.1 Å². The third-order valence-electron chi connectivity index (χ3n) is 4.20. The molecule has 0 fully saturated rings. The number of para-hydroxylation sites is 1. The molecule has 1 atom stereocenters. The highest BCUT2D eigenvalue weighted by molar-refractivity contribution is 7.79. The minimum Gasteiger partial charge on any atom is -0.294 e. The second-order valence-electron chi connectivity index (χ2n) is 6.43. The third kappa shape index (κ3) is 5.15. The van der Waals surface area contributed by atoms with Crippen LogP contribution in [0, 0.1) is 11.6 Å². The minimum atomic E-state index is -5.04. The predicted molar refractivity (Wildman–Crippen MR) is 109 cm³/mol. The summed E-state index contributed by atoms with van der Waals surface area (Å²) in [6.07, 6.45) is -4.09. The summed E-state index contributed by atoms with van der Waals surface area (Å²) in [6, 6.07) is 6.77. The second kappa shape index (κ2) is 8.98. The number of nitrogens with one attached hydrogen (secondary N) is 1. The van der Waals surface area contributed by atoms with Gasteiger partial charge in [0, 0.05) is 10.4 Å². The Morgan fingerprint density at radius 1 is 1.16 bits per heavy atom. The van der Waals surface area contributed by atoms with Crippen molar-refractivity contribution in [2.75, 3.05) is 5.43 Å². The first-order valence-electron chi connectivity index (χ1n) is 8.68. The molecule has 3 aromatic rings. The smallest absolute Gasteiger partial charge is 0.294 e. The highest BCUT2D eigenvalue weighted by Gasteiger charge is 2.44. The number of quaternary nitrogens is 1. The highest BCUT2D eigenvalue weighted by Crippen LogP contribution is 2.41. The van der Waals surface area contributed by atoms with E-state index in [0.29, 0.717) is 12.1 Å². The first-order valence-corrected chi connectivity index (χ1v) is 9.46. The van der Waals surface area contributed by atoms with Crippen LogP contribution in [0.15, 0.2) is 48.7 Å². The van der Waals surface area contributed by atoms with Gasteiger partial charge in [0.1, 0.15) is 24.1 Å². The molecule has 13 heteroatoms. The molecule has 0 radical (unpaired) electrons. The first-order chi connectivity index (χ1) is 14.9. The van der Waals surface area contributed by atoms with Crippen molar-refractivity contribution in [3.63, 3.8) is 0 Å². The van der Waals surface area contributed by atoms with Gasteiger partial charge in [-0.05, 0) is 41.9 Å². The Bertz CT molecular complexity index is 1180. The number of rotatable bonds is 6. The zero-order valence-corrected chi connectivity index (χ0v) is 17.4. The van der Waals surface area contributed by atoms with Crippen molar-refractivity contribution in [2.24, 2.45) is 0 Å². The number of hydrogen-bond acceptors (Lipinski definition) is 6. The lowest BCUT2D eigenvalue weighted by Gasteiger charge is -2.26. The maximum Gasteiger partial charge on any atom is 0.422 e. The lowest BCUT2D eigenvalue weighted by molar-refractivity contribution is -0.139. The summed E-state index contributed by atoms with van der Waals surface area (Å²) in [4.78, 5) is 20.0. The molecule has 1 aromatic heterocycles. The number of hydrogen-bond donors (Lipinski definition) is 3. The number of benzene rings is 2. The van der Waals surface area contributed by atoms with Crippen molar-refractivity contribution in [3.05, 3.63) is 82.4 Å². The average molecular weight is 492 g/mol. The van der Waals surface area contributed by atoms with E-state index in [1.807, 2.05) is 5.43 Å². The van der Waals surface area contributed by atoms with E-state index >= 15 is 0 Å². The monoisotopic (exact) mass is 491 g/mol. The predicted octanol–water partition coefficient (Wildman–Crippen LogP) is 5.42. The van der Waals surface area contributed by atoms with E-state index in [4.69, 9.17) is 11.6 Å². The molecular weight excluding hydrogens is 479 g/mol. The van der Waals surface area contributed by atoms with E-state index < -0.39 is 50.3 Å². The first kappa shape index (κ1) is 23.9. The molecule has 32 heavy (non-hydrogen) atoms. The summed E-state index contributed by atoms with van der Waals surface area (Å²) in [6.45, 7) is 0. The number of halogens is 6. The summed E-state index contributed by atoms with van der Waals surface area (Å²) in [5.74, 6) is -3.38.